The van der Waals surface area contributed by atoms with Crippen molar-refractivity contribution >= 4 is 22.2 Å². The monoisotopic (exact) mass is 392 g/mol. The molecule has 0 saturated heterocycles. The summed E-state index contributed by atoms with van der Waals surface area (Å²) in [6.07, 6.45) is 7.16. The molecular weight excluding hydrogens is 368 g/mol. The zero-order valence-corrected chi connectivity index (χ0v) is 16.3. The summed E-state index contributed by atoms with van der Waals surface area (Å²) in [4.78, 5) is 4.44. The summed E-state index contributed by atoms with van der Waals surface area (Å²) >= 11 is 0. The average Bonchev–Trinajstić information content (AvgIpc) is 3.30. The fraction of sp³-hybridized carbons (Fsp3) is 0.444. The Kier molecular flexibility index (Phi) is 5.64. The van der Waals surface area contributed by atoms with Crippen molar-refractivity contribution in [3.63, 3.8) is 0 Å². The van der Waals surface area contributed by atoms with Crippen LogP contribution >= 0.6 is 0 Å². The molecule has 0 amide bonds. The van der Waals surface area contributed by atoms with E-state index in [-0.39, 0.29) is 17.2 Å². The fourth-order valence-corrected chi connectivity index (χ4v) is 4.42. The molecule has 9 heteroatoms. The highest BCUT2D eigenvalue weighted by molar-refractivity contribution is 7.89. The Morgan fingerprint density at radius 1 is 1.33 bits per heavy atom. The molecule has 3 rings (SSSR count). The van der Waals surface area contributed by atoms with Gasteiger partial charge in [-0.05, 0) is 36.6 Å². The third-order valence-corrected chi connectivity index (χ3v) is 6.18. The highest BCUT2D eigenvalue weighted by Crippen LogP contribution is 2.34. The normalized spacial score (nSPS) is 16.9. The van der Waals surface area contributed by atoms with E-state index in [1.54, 1.807) is 31.2 Å². The lowest BCUT2D eigenvalue weighted by Crippen LogP contribution is -2.34. The SMILES string of the molecule is CCNS(=O)(=O)c1cc(/C=C/c2nc(C3(N)CCCC3)no2)ccc1OC. The van der Waals surface area contributed by atoms with E-state index in [0.29, 0.717) is 17.3 Å². The zero-order valence-electron chi connectivity index (χ0n) is 15.4. The molecule has 3 N–H and O–H groups in total. The summed E-state index contributed by atoms with van der Waals surface area (Å²) in [5.74, 6) is 1.12. The first-order valence-electron chi connectivity index (χ1n) is 8.87. The first kappa shape index (κ1) is 19.5. The highest BCUT2D eigenvalue weighted by Gasteiger charge is 2.35. The second-order valence-corrected chi connectivity index (χ2v) is 8.30. The van der Waals surface area contributed by atoms with Gasteiger partial charge in [0.05, 0.1) is 12.6 Å². The molecule has 0 bridgehead atoms. The number of aromatic nitrogens is 2. The van der Waals surface area contributed by atoms with Gasteiger partial charge in [-0.25, -0.2) is 13.1 Å². The minimum absolute atomic E-state index is 0.0760. The molecule has 0 aliphatic heterocycles. The quantitative estimate of drug-likeness (QED) is 0.741. The van der Waals surface area contributed by atoms with E-state index in [4.69, 9.17) is 15.0 Å². The number of rotatable bonds is 7. The van der Waals surface area contributed by atoms with Crippen LogP contribution in [0.15, 0.2) is 27.6 Å². The molecule has 1 fully saturated rings. The first-order valence-corrected chi connectivity index (χ1v) is 10.3. The topological polar surface area (TPSA) is 120 Å². The summed E-state index contributed by atoms with van der Waals surface area (Å²) < 4.78 is 37.6. The van der Waals surface area contributed by atoms with Crippen molar-refractivity contribution in [2.24, 2.45) is 5.73 Å². The van der Waals surface area contributed by atoms with Crippen molar-refractivity contribution in [2.45, 2.75) is 43.0 Å². The average molecular weight is 392 g/mol. The summed E-state index contributed by atoms with van der Waals surface area (Å²) in [5.41, 5.74) is 6.48. The first-order chi connectivity index (χ1) is 12.9. The van der Waals surface area contributed by atoms with Crippen LogP contribution in [0.25, 0.3) is 12.2 Å². The zero-order chi connectivity index (χ0) is 19.5. The van der Waals surface area contributed by atoms with Gasteiger partial charge in [-0.3, -0.25) is 0 Å². The van der Waals surface area contributed by atoms with Crippen LogP contribution < -0.4 is 15.2 Å². The maximum absolute atomic E-state index is 12.4. The Bertz CT molecular complexity index is 931. The summed E-state index contributed by atoms with van der Waals surface area (Å²) in [5, 5.41) is 4.00. The lowest BCUT2D eigenvalue weighted by Gasteiger charge is -2.17. The van der Waals surface area contributed by atoms with Crippen LogP contribution in [0.2, 0.25) is 0 Å². The van der Waals surface area contributed by atoms with Gasteiger partial charge < -0.3 is 15.0 Å². The van der Waals surface area contributed by atoms with Gasteiger partial charge in [0, 0.05) is 12.6 Å². The Balaban J connectivity index is 1.84. The van der Waals surface area contributed by atoms with E-state index in [9.17, 15) is 8.42 Å². The maximum Gasteiger partial charge on any atom is 0.250 e. The van der Waals surface area contributed by atoms with E-state index >= 15 is 0 Å². The van der Waals surface area contributed by atoms with E-state index in [1.807, 2.05) is 0 Å². The van der Waals surface area contributed by atoms with Crippen LogP contribution in [-0.2, 0) is 15.6 Å². The van der Waals surface area contributed by atoms with Crippen LogP contribution in [0.4, 0.5) is 0 Å². The standard InChI is InChI=1S/C18H24N4O4S/c1-3-20-27(23,24)15-12-13(6-8-14(15)25-2)7-9-16-21-17(22-26-16)18(19)10-4-5-11-18/h6-9,12,20H,3-5,10-11,19H2,1-2H3/b9-7+. The second kappa shape index (κ2) is 7.79. The smallest absolute Gasteiger partial charge is 0.250 e. The molecule has 146 valence electrons. The van der Waals surface area contributed by atoms with E-state index < -0.39 is 15.6 Å². The highest BCUT2D eigenvalue weighted by atomic mass is 32.2. The van der Waals surface area contributed by atoms with Gasteiger partial charge in [0.1, 0.15) is 10.6 Å². The number of nitrogens with two attached hydrogens (primary N) is 1. The van der Waals surface area contributed by atoms with Gasteiger partial charge in [-0.2, -0.15) is 4.98 Å². The number of ether oxygens (including phenoxy) is 1. The number of nitrogens with one attached hydrogen (secondary N) is 1. The lowest BCUT2D eigenvalue weighted by atomic mass is 9.99. The molecule has 0 atom stereocenters. The van der Waals surface area contributed by atoms with E-state index in [0.717, 1.165) is 25.7 Å². The van der Waals surface area contributed by atoms with Crippen molar-refractivity contribution in [1.82, 2.24) is 14.9 Å². The van der Waals surface area contributed by atoms with Crippen molar-refractivity contribution in [2.75, 3.05) is 13.7 Å². The molecule has 1 saturated carbocycles. The van der Waals surface area contributed by atoms with Gasteiger partial charge in [0.2, 0.25) is 10.0 Å². The number of nitrogens with zero attached hydrogens (tertiary/aromatic N) is 2. The molecule has 1 aliphatic rings. The van der Waals surface area contributed by atoms with Crippen molar-refractivity contribution < 1.29 is 17.7 Å². The van der Waals surface area contributed by atoms with Crippen molar-refractivity contribution in [3.8, 4) is 5.75 Å². The molecule has 1 aromatic heterocycles. The largest absolute Gasteiger partial charge is 0.495 e. The molecule has 1 heterocycles. The predicted octanol–water partition coefficient (Wildman–Crippen LogP) is 2.27. The number of methoxy groups -OCH3 is 1. The maximum atomic E-state index is 12.4. The molecular formula is C18H24N4O4S. The summed E-state index contributed by atoms with van der Waals surface area (Å²) in [6, 6.07) is 4.89. The van der Waals surface area contributed by atoms with Crippen molar-refractivity contribution in [1.29, 1.82) is 0 Å². The van der Waals surface area contributed by atoms with Crippen LogP contribution in [0.5, 0.6) is 5.75 Å². The minimum atomic E-state index is -3.65. The molecule has 8 nitrogen and oxygen atoms in total. The fourth-order valence-electron chi connectivity index (χ4n) is 3.18. The number of hydrogen-bond acceptors (Lipinski definition) is 7. The van der Waals surface area contributed by atoms with Gasteiger partial charge >= 0.3 is 0 Å². The molecule has 1 aromatic carbocycles. The lowest BCUT2D eigenvalue weighted by molar-refractivity contribution is 0.364. The van der Waals surface area contributed by atoms with Gasteiger partial charge in [-0.15, -0.1) is 0 Å². The van der Waals surface area contributed by atoms with Gasteiger partial charge in [0.25, 0.3) is 5.89 Å². The number of benzene rings is 1. The Hall–Kier alpha value is -2.23. The summed E-state index contributed by atoms with van der Waals surface area (Å²) in [7, 11) is -2.22. The third kappa shape index (κ3) is 4.20. The van der Waals surface area contributed by atoms with Gasteiger partial charge in [-0.1, -0.05) is 31.0 Å². The van der Waals surface area contributed by atoms with Gasteiger partial charge in [0.15, 0.2) is 5.82 Å². The summed E-state index contributed by atoms with van der Waals surface area (Å²) in [6.45, 7) is 2.01. The Morgan fingerprint density at radius 3 is 2.74 bits per heavy atom. The minimum Gasteiger partial charge on any atom is -0.495 e. The molecule has 27 heavy (non-hydrogen) atoms. The number of sulfonamides is 1. The molecule has 0 unspecified atom stereocenters. The van der Waals surface area contributed by atoms with Crippen LogP contribution in [0.3, 0.4) is 0 Å². The van der Waals surface area contributed by atoms with Crippen LogP contribution in [0, 0.1) is 0 Å². The van der Waals surface area contributed by atoms with Crippen molar-refractivity contribution in [3.05, 3.63) is 35.5 Å². The Labute approximate surface area is 158 Å². The second-order valence-electron chi connectivity index (χ2n) is 6.56. The van der Waals surface area contributed by atoms with Crippen LogP contribution in [0.1, 0.15) is 49.9 Å². The molecule has 1 aliphatic carbocycles. The third-order valence-electron chi connectivity index (χ3n) is 4.61. The van der Waals surface area contributed by atoms with E-state index in [1.165, 1.54) is 13.2 Å². The Morgan fingerprint density at radius 2 is 2.07 bits per heavy atom. The number of hydrogen-bond donors (Lipinski definition) is 2. The predicted molar refractivity (Wildman–Crippen MR) is 101 cm³/mol. The van der Waals surface area contributed by atoms with Crippen LogP contribution in [-0.4, -0.2) is 32.2 Å². The molecule has 0 spiro atoms. The van der Waals surface area contributed by atoms with E-state index in [2.05, 4.69) is 14.9 Å². The molecule has 2 aromatic rings. The molecule has 0 radical (unpaired) electrons.